The first-order chi connectivity index (χ1) is 6.16. The molecule has 0 fully saturated rings. The minimum atomic E-state index is -4.36. The fraction of sp³-hybridized carbons (Fsp3) is 1.00. The van der Waals surface area contributed by atoms with E-state index in [1.54, 1.807) is 0 Å². The van der Waals surface area contributed by atoms with Gasteiger partial charge in [-0.25, -0.2) is 0 Å². The van der Waals surface area contributed by atoms with E-state index in [1.807, 2.05) is 13.8 Å². The van der Waals surface area contributed by atoms with Gasteiger partial charge in [-0.2, -0.15) is 13.2 Å². The highest BCUT2D eigenvalue weighted by molar-refractivity contribution is 8.68. The summed E-state index contributed by atoms with van der Waals surface area (Å²) < 4.78 is 39.9. The second kappa shape index (κ2) is 5.70. The molecule has 0 saturated carbocycles. The van der Waals surface area contributed by atoms with E-state index in [9.17, 15) is 13.2 Å². The Morgan fingerprint density at radius 3 is 2.43 bits per heavy atom. The first-order valence-electron chi connectivity index (χ1n) is 3.94. The third kappa shape index (κ3) is 8.05. The van der Waals surface area contributed by atoms with Crippen molar-refractivity contribution in [2.45, 2.75) is 31.7 Å². The van der Waals surface area contributed by atoms with Crippen LogP contribution in [0.15, 0.2) is 0 Å². The lowest BCUT2D eigenvalue weighted by Gasteiger charge is -2.20. The fourth-order valence-electron chi connectivity index (χ4n) is 0.519. The Morgan fingerprint density at radius 1 is 1.57 bits per heavy atom. The van der Waals surface area contributed by atoms with Crippen molar-refractivity contribution < 1.29 is 17.7 Å². The van der Waals surface area contributed by atoms with Gasteiger partial charge in [-0.3, -0.25) is 5.50 Å². The van der Waals surface area contributed by atoms with Crippen LogP contribution in [0, 0.1) is 0 Å². The van der Waals surface area contributed by atoms with E-state index in [2.05, 4.69) is 4.52 Å². The van der Waals surface area contributed by atoms with Crippen molar-refractivity contribution in [2.24, 2.45) is 5.50 Å². The maximum absolute atomic E-state index is 11.8. The summed E-state index contributed by atoms with van der Waals surface area (Å²) in [4.78, 5) is 0. The highest BCUT2D eigenvalue weighted by Crippen LogP contribution is 2.55. The molecular formula is C6H13F3NOPS2. The fourth-order valence-corrected chi connectivity index (χ4v) is 5.33. The lowest BCUT2D eigenvalue weighted by Crippen LogP contribution is -2.17. The highest BCUT2D eigenvalue weighted by atomic mass is 32.9. The maximum Gasteiger partial charge on any atom is 0.412 e. The standard InChI is InChI=1S/C6H13F3NOPS2/c1-3-5(2)14-12(10,13)11-4-6(7,8)9/h5H,3-4H2,1-2H3,(H2,10,13). The Morgan fingerprint density at radius 2 is 2.07 bits per heavy atom. The SMILES string of the molecule is CCC(C)SP(N)(=S)OCC(F)(F)F. The molecule has 0 amide bonds. The molecule has 0 aliphatic rings. The van der Waals surface area contributed by atoms with Gasteiger partial charge >= 0.3 is 6.18 Å². The van der Waals surface area contributed by atoms with Gasteiger partial charge in [0.05, 0.1) is 0 Å². The van der Waals surface area contributed by atoms with E-state index in [4.69, 9.17) is 17.3 Å². The van der Waals surface area contributed by atoms with Crippen LogP contribution in [-0.2, 0) is 16.3 Å². The van der Waals surface area contributed by atoms with Gasteiger partial charge in [0.2, 0.25) is 0 Å². The van der Waals surface area contributed by atoms with Gasteiger partial charge in [-0.1, -0.05) is 25.2 Å². The zero-order valence-corrected chi connectivity index (χ0v) is 10.4. The summed E-state index contributed by atoms with van der Waals surface area (Å²) in [6.07, 6.45) is -3.56. The van der Waals surface area contributed by atoms with Crippen molar-refractivity contribution in [3.05, 3.63) is 0 Å². The zero-order chi connectivity index (χ0) is 11.4. The van der Waals surface area contributed by atoms with Gasteiger partial charge in [0, 0.05) is 5.25 Å². The van der Waals surface area contributed by atoms with Crippen LogP contribution in [0.4, 0.5) is 13.2 Å². The van der Waals surface area contributed by atoms with E-state index in [-0.39, 0.29) is 5.25 Å². The summed E-state index contributed by atoms with van der Waals surface area (Å²) in [6, 6.07) is 0. The van der Waals surface area contributed by atoms with Gasteiger partial charge in [-0.05, 0) is 18.2 Å². The molecule has 14 heavy (non-hydrogen) atoms. The third-order valence-corrected chi connectivity index (χ3v) is 6.15. The third-order valence-electron chi connectivity index (χ3n) is 1.31. The minimum Gasteiger partial charge on any atom is -0.321 e. The van der Waals surface area contributed by atoms with Crippen molar-refractivity contribution in [1.82, 2.24) is 0 Å². The van der Waals surface area contributed by atoms with Gasteiger partial charge in [0.15, 0.2) is 5.62 Å². The summed E-state index contributed by atoms with van der Waals surface area (Å²) in [5.74, 6) is 0. The summed E-state index contributed by atoms with van der Waals surface area (Å²) >= 11 is 5.91. The van der Waals surface area contributed by atoms with Crippen molar-refractivity contribution in [1.29, 1.82) is 0 Å². The molecule has 0 aliphatic heterocycles. The molecule has 0 aromatic rings. The molecule has 0 radical (unpaired) electrons. The molecular weight excluding hydrogens is 254 g/mol. The predicted octanol–water partition coefficient (Wildman–Crippen LogP) is 3.28. The molecule has 0 aliphatic carbocycles. The average molecular weight is 267 g/mol. The summed E-state index contributed by atoms with van der Waals surface area (Å²) in [5, 5.41) is 0.124. The monoisotopic (exact) mass is 267 g/mol. The van der Waals surface area contributed by atoms with Crippen LogP contribution < -0.4 is 5.50 Å². The van der Waals surface area contributed by atoms with Crippen LogP contribution >= 0.6 is 17.0 Å². The van der Waals surface area contributed by atoms with Gasteiger partial charge in [0.1, 0.15) is 6.61 Å². The maximum atomic E-state index is 11.8. The molecule has 2 unspecified atom stereocenters. The summed E-state index contributed by atoms with van der Waals surface area (Å²) in [7, 11) is 0. The van der Waals surface area contributed by atoms with Crippen LogP contribution in [-0.4, -0.2) is 18.0 Å². The van der Waals surface area contributed by atoms with Crippen LogP contribution in [0.25, 0.3) is 0 Å². The van der Waals surface area contributed by atoms with E-state index in [0.717, 1.165) is 17.8 Å². The van der Waals surface area contributed by atoms with Crippen molar-refractivity contribution in [2.75, 3.05) is 6.61 Å². The Hall–Kier alpha value is 0.710. The van der Waals surface area contributed by atoms with Crippen LogP contribution in [0.1, 0.15) is 20.3 Å². The van der Waals surface area contributed by atoms with E-state index < -0.39 is 18.4 Å². The quantitative estimate of drug-likeness (QED) is 0.775. The normalized spacial score (nSPS) is 19.0. The topological polar surface area (TPSA) is 35.2 Å². The van der Waals surface area contributed by atoms with Crippen LogP contribution in [0.3, 0.4) is 0 Å². The number of hydrogen-bond donors (Lipinski definition) is 1. The molecule has 2 N–H and O–H groups in total. The van der Waals surface area contributed by atoms with Crippen molar-refractivity contribution in [3.63, 3.8) is 0 Å². The summed E-state index contributed by atoms with van der Waals surface area (Å²) in [5.41, 5.74) is 2.64. The van der Waals surface area contributed by atoms with Gasteiger partial charge in [0.25, 0.3) is 0 Å². The smallest absolute Gasteiger partial charge is 0.321 e. The Kier molecular flexibility index (Phi) is 5.99. The number of nitrogens with two attached hydrogens (primary N) is 1. The first-order valence-corrected chi connectivity index (χ1v) is 8.22. The van der Waals surface area contributed by atoms with Gasteiger partial charge in [-0.15, -0.1) is 0 Å². The van der Waals surface area contributed by atoms with Crippen LogP contribution in [0.2, 0.25) is 0 Å². The highest BCUT2D eigenvalue weighted by Gasteiger charge is 2.31. The Labute approximate surface area is 90.6 Å². The second-order valence-electron chi connectivity index (χ2n) is 2.75. The molecule has 0 rings (SSSR count). The number of hydrogen-bond acceptors (Lipinski definition) is 3. The molecule has 8 heteroatoms. The Balaban J connectivity index is 4.02. The zero-order valence-electron chi connectivity index (χ0n) is 7.87. The molecule has 0 heterocycles. The first kappa shape index (κ1) is 14.7. The van der Waals surface area contributed by atoms with E-state index >= 15 is 0 Å². The van der Waals surface area contributed by atoms with Gasteiger partial charge < -0.3 is 4.52 Å². The lowest BCUT2D eigenvalue weighted by molar-refractivity contribution is -0.151. The number of alkyl halides is 3. The predicted molar refractivity (Wildman–Crippen MR) is 57.8 cm³/mol. The number of rotatable bonds is 5. The molecule has 0 spiro atoms. The van der Waals surface area contributed by atoms with E-state index in [1.165, 1.54) is 0 Å². The van der Waals surface area contributed by atoms with E-state index in [0.29, 0.717) is 0 Å². The van der Waals surface area contributed by atoms with Crippen LogP contribution in [0.5, 0.6) is 0 Å². The number of halogens is 3. The average Bonchev–Trinajstić information content (AvgIpc) is 1.99. The molecule has 2 atom stereocenters. The van der Waals surface area contributed by atoms with Crippen molar-refractivity contribution in [3.8, 4) is 0 Å². The Bertz CT molecular complexity index is 224. The molecule has 2 nitrogen and oxygen atoms in total. The molecule has 0 aromatic carbocycles. The summed E-state index contributed by atoms with van der Waals surface area (Å²) in [6.45, 7) is 2.41. The second-order valence-corrected chi connectivity index (χ2v) is 9.69. The molecule has 0 saturated heterocycles. The minimum absolute atomic E-state index is 0.124. The molecule has 86 valence electrons. The largest absolute Gasteiger partial charge is 0.412 e. The lowest BCUT2D eigenvalue weighted by atomic mass is 10.4. The van der Waals surface area contributed by atoms with Crippen molar-refractivity contribution >= 4 is 28.8 Å². The molecule has 0 aromatic heterocycles. The molecule has 0 bridgehead atoms.